The normalized spacial score (nSPS) is 12.7. The van der Waals surface area contributed by atoms with Crippen LogP contribution in [0.25, 0.3) is 0 Å². The number of aliphatic hydroxyl groups is 1. The van der Waals surface area contributed by atoms with Crippen LogP contribution in [0.3, 0.4) is 0 Å². The van der Waals surface area contributed by atoms with Crippen LogP contribution in [0.5, 0.6) is 0 Å². The van der Waals surface area contributed by atoms with E-state index >= 15 is 0 Å². The van der Waals surface area contributed by atoms with Gasteiger partial charge in [0.05, 0.1) is 12.5 Å². The fourth-order valence-electron chi connectivity index (χ4n) is 0.340. The molecular formula is C6H10O3. The van der Waals surface area contributed by atoms with Crippen LogP contribution < -0.4 is 0 Å². The first kappa shape index (κ1) is 8.17. The smallest absolute Gasteiger partial charge is 0.306 e. The topological polar surface area (TPSA) is 57.5 Å². The minimum Gasteiger partial charge on any atom is -0.481 e. The van der Waals surface area contributed by atoms with Gasteiger partial charge in [-0.3, -0.25) is 4.79 Å². The lowest BCUT2D eigenvalue weighted by Gasteiger charge is -2.04. The zero-order chi connectivity index (χ0) is 7.44. The zero-order valence-corrected chi connectivity index (χ0v) is 5.29. The molecule has 0 saturated carbocycles. The summed E-state index contributed by atoms with van der Waals surface area (Å²) in [5.41, 5.74) is 0.484. The van der Waals surface area contributed by atoms with E-state index in [1.54, 1.807) is 6.92 Å². The predicted octanol–water partition coefficient (Wildman–Crippen LogP) is 0.398. The van der Waals surface area contributed by atoms with Gasteiger partial charge in [-0.1, -0.05) is 12.2 Å². The van der Waals surface area contributed by atoms with E-state index in [-0.39, 0.29) is 6.42 Å². The Labute approximate surface area is 53.6 Å². The Kier molecular flexibility index (Phi) is 2.95. The lowest BCUT2D eigenvalue weighted by atomic mass is 10.1. The van der Waals surface area contributed by atoms with Gasteiger partial charge in [-0.25, -0.2) is 0 Å². The SMILES string of the molecule is C=C(C)[C@@H](O)CC(=O)O. The molecule has 0 rings (SSSR count). The minimum absolute atomic E-state index is 0.255. The van der Waals surface area contributed by atoms with E-state index in [1.807, 2.05) is 0 Å². The number of carboxylic acids is 1. The molecule has 9 heavy (non-hydrogen) atoms. The number of hydrogen-bond donors (Lipinski definition) is 2. The van der Waals surface area contributed by atoms with Crippen molar-refractivity contribution in [1.29, 1.82) is 0 Å². The largest absolute Gasteiger partial charge is 0.481 e. The molecule has 0 bridgehead atoms. The second-order valence-electron chi connectivity index (χ2n) is 1.96. The van der Waals surface area contributed by atoms with Crippen molar-refractivity contribution in [1.82, 2.24) is 0 Å². The molecule has 0 aliphatic carbocycles. The van der Waals surface area contributed by atoms with E-state index in [4.69, 9.17) is 10.2 Å². The van der Waals surface area contributed by atoms with Crippen molar-refractivity contribution in [3.63, 3.8) is 0 Å². The van der Waals surface area contributed by atoms with Crippen LogP contribution in [-0.2, 0) is 4.79 Å². The van der Waals surface area contributed by atoms with E-state index in [0.717, 1.165) is 0 Å². The number of carbonyl (C=O) groups is 1. The van der Waals surface area contributed by atoms with Gasteiger partial charge in [0.1, 0.15) is 0 Å². The molecule has 0 aliphatic heterocycles. The van der Waals surface area contributed by atoms with Crippen molar-refractivity contribution in [3.05, 3.63) is 12.2 Å². The molecule has 0 aromatic heterocycles. The maximum atomic E-state index is 9.91. The van der Waals surface area contributed by atoms with Gasteiger partial charge >= 0.3 is 5.97 Å². The Morgan fingerprint density at radius 2 is 2.22 bits per heavy atom. The van der Waals surface area contributed by atoms with Crippen molar-refractivity contribution >= 4 is 5.97 Å². The summed E-state index contributed by atoms with van der Waals surface area (Å²) in [6, 6.07) is 0. The summed E-state index contributed by atoms with van der Waals surface area (Å²) in [6.45, 7) is 4.99. The van der Waals surface area contributed by atoms with Crippen molar-refractivity contribution < 1.29 is 15.0 Å². The number of hydrogen-bond acceptors (Lipinski definition) is 2. The molecule has 0 aromatic rings. The highest BCUT2D eigenvalue weighted by Gasteiger charge is 2.08. The quantitative estimate of drug-likeness (QED) is 0.543. The Morgan fingerprint density at radius 1 is 1.78 bits per heavy atom. The summed E-state index contributed by atoms with van der Waals surface area (Å²) in [4.78, 5) is 9.91. The highest BCUT2D eigenvalue weighted by atomic mass is 16.4. The van der Waals surface area contributed by atoms with Gasteiger partial charge in [-0.2, -0.15) is 0 Å². The first-order chi connectivity index (χ1) is 4.04. The molecule has 2 N–H and O–H groups in total. The molecule has 0 radical (unpaired) electrons. The van der Waals surface area contributed by atoms with Crippen LogP contribution in [0.4, 0.5) is 0 Å². The molecule has 1 atom stereocenters. The lowest BCUT2D eigenvalue weighted by molar-refractivity contribution is -0.138. The zero-order valence-electron chi connectivity index (χ0n) is 5.29. The number of rotatable bonds is 3. The highest BCUT2D eigenvalue weighted by molar-refractivity contribution is 5.67. The Hall–Kier alpha value is -0.830. The summed E-state index contributed by atoms with van der Waals surface area (Å²) < 4.78 is 0. The van der Waals surface area contributed by atoms with Crippen molar-refractivity contribution in [2.75, 3.05) is 0 Å². The fourth-order valence-corrected chi connectivity index (χ4v) is 0.340. The first-order valence-corrected chi connectivity index (χ1v) is 2.59. The molecule has 52 valence electrons. The van der Waals surface area contributed by atoms with Gasteiger partial charge in [0, 0.05) is 0 Å². The molecule has 0 spiro atoms. The van der Waals surface area contributed by atoms with Crippen LogP contribution in [0.15, 0.2) is 12.2 Å². The van der Waals surface area contributed by atoms with Crippen LogP contribution in [0.2, 0.25) is 0 Å². The summed E-state index contributed by atoms with van der Waals surface area (Å²) in [7, 11) is 0. The van der Waals surface area contributed by atoms with Gasteiger partial charge in [0.2, 0.25) is 0 Å². The summed E-state index contributed by atoms with van der Waals surface area (Å²) in [6.07, 6.45) is -1.16. The lowest BCUT2D eigenvalue weighted by Crippen LogP contribution is -2.12. The fraction of sp³-hybridized carbons (Fsp3) is 0.500. The second kappa shape index (κ2) is 3.25. The molecular weight excluding hydrogens is 120 g/mol. The summed E-state index contributed by atoms with van der Waals surface area (Å²) in [5.74, 6) is -1.01. The molecule has 0 heterocycles. The maximum Gasteiger partial charge on any atom is 0.306 e. The average molecular weight is 130 g/mol. The van der Waals surface area contributed by atoms with E-state index in [2.05, 4.69) is 6.58 Å². The van der Waals surface area contributed by atoms with Gasteiger partial charge in [-0.15, -0.1) is 0 Å². The summed E-state index contributed by atoms with van der Waals surface area (Å²) >= 11 is 0. The number of aliphatic hydroxyl groups excluding tert-OH is 1. The summed E-state index contributed by atoms with van der Waals surface area (Å²) in [5, 5.41) is 16.9. The third-order valence-electron chi connectivity index (χ3n) is 0.937. The standard InChI is InChI=1S/C6H10O3/c1-4(2)5(7)3-6(8)9/h5,7H,1,3H2,2H3,(H,8,9)/t5-/m0/s1. The Bertz CT molecular complexity index is 128. The second-order valence-corrected chi connectivity index (χ2v) is 1.96. The molecule has 0 fully saturated rings. The average Bonchev–Trinajstić information content (AvgIpc) is 1.63. The van der Waals surface area contributed by atoms with Crippen LogP contribution in [0, 0.1) is 0 Å². The van der Waals surface area contributed by atoms with E-state index in [9.17, 15) is 4.79 Å². The van der Waals surface area contributed by atoms with Gasteiger partial charge in [0.15, 0.2) is 0 Å². The molecule has 0 unspecified atom stereocenters. The van der Waals surface area contributed by atoms with Crippen LogP contribution >= 0.6 is 0 Å². The van der Waals surface area contributed by atoms with Gasteiger partial charge in [0.25, 0.3) is 0 Å². The van der Waals surface area contributed by atoms with Crippen LogP contribution in [0.1, 0.15) is 13.3 Å². The maximum absolute atomic E-state index is 9.91. The van der Waals surface area contributed by atoms with Crippen molar-refractivity contribution in [2.24, 2.45) is 0 Å². The number of carboxylic acid groups (broad SMARTS) is 1. The predicted molar refractivity (Wildman–Crippen MR) is 33.1 cm³/mol. The minimum atomic E-state index is -1.01. The van der Waals surface area contributed by atoms with E-state index in [1.165, 1.54) is 0 Å². The van der Waals surface area contributed by atoms with Gasteiger partial charge in [-0.05, 0) is 6.92 Å². The Balaban J connectivity index is 3.63. The van der Waals surface area contributed by atoms with Gasteiger partial charge < -0.3 is 10.2 Å². The monoisotopic (exact) mass is 130 g/mol. The third-order valence-corrected chi connectivity index (χ3v) is 0.937. The molecule has 3 heteroatoms. The molecule has 0 amide bonds. The molecule has 0 aromatic carbocycles. The molecule has 0 saturated heterocycles. The van der Waals surface area contributed by atoms with Crippen molar-refractivity contribution in [3.8, 4) is 0 Å². The first-order valence-electron chi connectivity index (χ1n) is 2.59. The molecule has 3 nitrogen and oxygen atoms in total. The third kappa shape index (κ3) is 3.73. The van der Waals surface area contributed by atoms with Crippen molar-refractivity contribution in [2.45, 2.75) is 19.4 Å². The van der Waals surface area contributed by atoms with E-state index < -0.39 is 12.1 Å². The van der Waals surface area contributed by atoms with Crippen LogP contribution in [-0.4, -0.2) is 22.3 Å². The Morgan fingerprint density at radius 3 is 2.33 bits per heavy atom. The highest BCUT2D eigenvalue weighted by Crippen LogP contribution is 2.01. The molecule has 0 aliphatic rings. The number of aliphatic carboxylic acids is 1. The van der Waals surface area contributed by atoms with E-state index in [0.29, 0.717) is 5.57 Å².